The number of nitrogens with one attached hydrogen (secondary N) is 2. The van der Waals surface area contributed by atoms with E-state index < -0.39 is 5.54 Å². The van der Waals surface area contributed by atoms with Gasteiger partial charge in [0.15, 0.2) is 0 Å². The van der Waals surface area contributed by atoms with Gasteiger partial charge in [0, 0.05) is 35.0 Å². The van der Waals surface area contributed by atoms with Crippen LogP contribution in [0, 0.1) is 11.8 Å². The summed E-state index contributed by atoms with van der Waals surface area (Å²) in [5, 5.41) is 6.28. The first-order valence-electron chi connectivity index (χ1n) is 13.8. The Morgan fingerprint density at radius 1 is 0.921 bits per heavy atom. The SMILES string of the molecule is CC(C)(N)c1ccc(-c2ncc(NC(=O)CC3CCC(NC(=O)C4CC4)CC3)cc2-c2ccccc2)cc1. The number of hydrogen-bond donors (Lipinski definition) is 3. The summed E-state index contributed by atoms with van der Waals surface area (Å²) in [6.45, 7) is 3.98. The van der Waals surface area contributed by atoms with Crippen LogP contribution in [0.25, 0.3) is 22.4 Å². The fraction of sp³-hybridized carbons (Fsp3) is 0.406. The molecule has 4 N–H and O–H groups in total. The van der Waals surface area contributed by atoms with Crippen LogP contribution in [0.3, 0.4) is 0 Å². The van der Waals surface area contributed by atoms with Gasteiger partial charge < -0.3 is 16.4 Å². The highest BCUT2D eigenvalue weighted by atomic mass is 16.2. The van der Waals surface area contributed by atoms with Crippen LogP contribution in [0.5, 0.6) is 0 Å². The molecule has 198 valence electrons. The monoisotopic (exact) mass is 510 g/mol. The van der Waals surface area contributed by atoms with Crippen LogP contribution < -0.4 is 16.4 Å². The first-order valence-corrected chi connectivity index (χ1v) is 13.8. The van der Waals surface area contributed by atoms with E-state index in [0.717, 1.165) is 66.5 Å². The topological polar surface area (TPSA) is 97.1 Å². The molecule has 2 aromatic carbocycles. The van der Waals surface area contributed by atoms with Crippen LogP contribution >= 0.6 is 0 Å². The predicted octanol–water partition coefficient (Wildman–Crippen LogP) is 6.02. The Bertz CT molecular complexity index is 1270. The summed E-state index contributed by atoms with van der Waals surface area (Å²) in [4.78, 5) is 29.8. The van der Waals surface area contributed by atoms with Crippen LogP contribution in [0.1, 0.15) is 64.4 Å². The average molecular weight is 511 g/mol. The van der Waals surface area contributed by atoms with Crippen LogP contribution in [-0.2, 0) is 15.1 Å². The molecule has 0 unspecified atom stereocenters. The Kier molecular flexibility index (Phi) is 7.61. The smallest absolute Gasteiger partial charge is 0.224 e. The van der Waals surface area contributed by atoms with Crippen molar-refractivity contribution in [3.05, 3.63) is 72.4 Å². The minimum atomic E-state index is -0.411. The molecule has 5 rings (SSSR count). The molecule has 38 heavy (non-hydrogen) atoms. The number of carbonyl (C=O) groups excluding carboxylic acids is 2. The zero-order valence-corrected chi connectivity index (χ0v) is 22.4. The molecule has 1 aromatic heterocycles. The van der Waals surface area contributed by atoms with Gasteiger partial charge in [-0.1, -0.05) is 54.6 Å². The average Bonchev–Trinajstić information content (AvgIpc) is 3.76. The lowest BCUT2D eigenvalue weighted by Crippen LogP contribution is -2.38. The van der Waals surface area contributed by atoms with Gasteiger partial charge >= 0.3 is 0 Å². The summed E-state index contributed by atoms with van der Waals surface area (Å²) in [5.41, 5.74) is 11.5. The van der Waals surface area contributed by atoms with Gasteiger partial charge in [-0.3, -0.25) is 14.6 Å². The van der Waals surface area contributed by atoms with Crippen LogP contribution in [0.4, 0.5) is 5.69 Å². The number of aromatic nitrogens is 1. The van der Waals surface area contributed by atoms with E-state index in [1.165, 1.54) is 0 Å². The van der Waals surface area contributed by atoms with Gasteiger partial charge in [-0.15, -0.1) is 0 Å². The number of nitrogens with zero attached hydrogens (tertiary/aromatic N) is 1. The molecule has 2 fully saturated rings. The summed E-state index contributed by atoms with van der Waals surface area (Å²) in [6.07, 6.45) is 8.11. The minimum absolute atomic E-state index is 0.0126. The summed E-state index contributed by atoms with van der Waals surface area (Å²) >= 11 is 0. The zero-order valence-electron chi connectivity index (χ0n) is 22.4. The molecule has 2 aliphatic carbocycles. The molecule has 0 saturated heterocycles. The molecule has 2 aliphatic rings. The van der Waals surface area contributed by atoms with E-state index in [1.54, 1.807) is 6.20 Å². The highest BCUT2D eigenvalue weighted by Crippen LogP contribution is 2.34. The summed E-state index contributed by atoms with van der Waals surface area (Å²) in [5.74, 6) is 0.820. The fourth-order valence-corrected chi connectivity index (χ4v) is 5.31. The second-order valence-electron chi connectivity index (χ2n) is 11.5. The molecule has 2 amide bonds. The van der Waals surface area contributed by atoms with Crippen molar-refractivity contribution in [2.75, 3.05) is 5.32 Å². The van der Waals surface area contributed by atoms with Gasteiger partial charge in [-0.05, 0) is 75.5 Å². The lowest BCUT2D eigenvalue weighted by molar-refractivity contribution is -0.123. The number of pyridine rings is 1. The second-order valence-corrected chi connectivity index (χ2v) is 11.5. The fourth-order valence-electron chi connectivity index (χ4n) is 5.31. The van der Waals surface area contributed by atoms with Gasteiger partial charge in [-0.25, -0.2) is 0 Å². The Hall–Kier alpha value is -3.51. The maximum atomic E-state index is 13.0. The molecule has 6 nitrogen and oxygen atoms in total. The van der Waals surface area contributed by atoms with E-state index in [0.29, 0.717) is 18.0 Å². The number of benzene rings is 2. The van der Waals surface area contributed by atoms with E-state index in [4.69, 9.17) is 10.7 Å². The quantitative estimate of drug-likeness (QED) is 0.345. The summed E-state index contributed by atoms with van der Waals surface area (Å²) < 4.78 is 0. The molecular weight excluding hydrogens is 472 g/mol. The lowest BCUT2D eigenvalue weighted by atomic mass is 9.84. The molecule has 0 spiro atoms. The number of hydrogen-bond acceptors (Lipinski definition) is 4. The number of carbonyl (C=O) groups is 2. The Balaban J connectivity index is 1.26. The Labute approximate surface area is 225 Å². The standard InChI is InChI=1S/C32H38N4O2/c1-32(2,33)25-14-12-23(13-15-25)30-28(22-6-4-3-5-7-22)19-27(20-34-30)35-29(37)18-21-8-16-26(17-9-21)36-31(38)24-10-11-24/h3-7,12-15,19-21,24,26H,8-11,16-18,33H2,1-2H3,(H,35,37)(H,36,38). The van der Waals surface area contributed by atoms with Crippen molar-refractivity contribution in [2.45, 2.75) is 70.4 Å². The molecule has 0 radical (unpaired) electrons. The first-order chi connectivity index (χ1) is 18.3. The third-order valence-electron chi connectivity index (χ3n) is 7.77. The number of anilines is 1. The highest BCUT2D eigenvalue weighted by molar-refractivity contribution is 5.93. The van der Waals surface area contributed by atoms with Crippen molar-refractivity contribution >= 4 is 17.5 Å². The summed E-state index contributed by atoms with van der Waals surface area (Å²) in [7, 11) is 0. The predicted molar refractivity (Wildman–Crippen MR) is 152 cm³/mol. The molecular formula is C32H38N4O2. The van der Waals surface area contributed by atoms with Gasteiger partial charge in [0.1, 0.15) is 0 Å². The molecule has 2 saturated carbocycles. The minimum Gasteiger partial charge on any atom is -0.353 e. The number of rotatable bonds is 8. The van der Waals surface area contributed by atoms with Gasteiger partial charge in [-0.2, -0.15) is 0 Å². The van der Waals surface area contributed by atoms with Crippen LogP contribution in [0.2, 0.25) is 0 Å². The second kappa shape index (κ2) is 11.1. The molecule has 6 heteroatoms. The number of nitrogens with two attached hydrogens (primary N) is 1. The number of amides is 2. The van der Waals surface area contributed by atoms with Gasteiger partial charge in [0.05, 0.1) is 17.6 Å². The largest absolute Gasteiger partial charge is 0.353 e. The Morgan fingerprint density at radius 2 is 1.61 bits per heavy atom. The van der Waals surface area contributed by atoms with Crippen molar-refractivity contribution in [3.63, 3.8) is 0 Å². The zero-order chi connectivity index (χ0) is 26.7. The lowest BCUT2D eigenvalue weighted by Gasteiger charge is -2.28. The molecule has 0 aliphatic heterocycles. The van der Waals surface area contributed by atoms with Crippen LogP contribution in [-0.4, -0.2) is 22.8 Å². The van der Waals surface area contributed by atoms with E-state index in [1.807, 2.05) is 50.2 Å². The van der Waals surface area contributed by atoms with Crippen molar-refractivity contribution in [3.8, 4) is 22.4 Å². The van der Waals surface area contributed by atoms with E-state index >= 15 is 0 Å². The van der Waals surface area contributed by atoms with Crippen LogP contribution in [0.15, 0.2) is 66.9 Å². The van der Waals surface area contributed by atoms with E-state index in [2.05, 4.69) is 34.9 Å². The van der Waals surface area contributed by atoms with Crippen molar-refractivity contribution in [1.82, 2.24) is 10.3 Å². The van der Waals surface area contributed by atoms with Crippen molar-refractivity contribution in [2.24, 2.45) is 17.6 Å². The maximum Gasteiger partial charge on any atom is 0.224 e. The summed E-state index contributed by atoms with van der Waals surface area (Å²) in [6, 6.07) is 20.6. The highest BCUT2D eigenvalue weighted by Gasteiger charge is 2.32. The third kappa shape index (κ3) is 6.48. The molecule has 1 heterocycles. The van der Waals surface area contributed by atoms with Crippen molar-refractivity contribution < 1.29 is 9.59 Å². The first kappa shape index (κ1) is 26.1. The normalized spacial score (nSPS) is 19.6. The molecule has 0 bridgehead atoms. The maximum absolute atomic E-state index is 13.0. The third-order valence-corrected chi connectivity index (χ3v) is 7.77. The van der Waals surface area contributed by atoms with E-state index in [-0.39, 0.29) is 23.8 Å². The van der Waals surface area contributed by atoms with Crippen molar-refractivity contribution in [1.29, 1.82) is 0 Å². The van der Waals surface area contributed by atoms with Gasteiger partial charge in [0.25, 0.3) is 0 Å². The Morgan fingerprint density at radius 3 is 2.24 bits per heavy atom. The molecule has 0 atom stereocenters. The van der Waals surface area contributed by atoms with E-state index in [9.17, 15) is 9.59 Å². The molecule has 3 aromatic rings. The van der Waals surface area contributed by atoms with Gasteiger partial charge in [0.2, 0.25) is 11.8 Å².